The third kappa shape index (κ3) is 7.41. The number of urea groups is 1. The molecule has 0 spiro atoms. The number of pyridine rings is 1. The summed E-state index contributed by atoms with van der Waals surface area (Å²) in [7, 11) is -1.22. The average molecular weight is 701 g/mol. The van der Waals surface area contributed by atoms with Crippen LogP contribution in [-0.4, -0.2) is 41.8 Å². The maximum absolute atomic E-state index is 13.3. The van der Waals surface area contributed by atoms with E-state index in [0.29, 0.717) is 44.2 Å². The average Bonchev–Trinajstić information content (AvgIpc) is 2.93. The molecule has 0 atom stereocenters. The first-order valence-electron chi connectivity index (χ1n) is 13.2. The summed E-state index contributed by atoms with van der Waals surface area (Å²) in [6.45, 7) is 9.54. The molecule has 4 rings (SSSR count). The Labute approximate surface area is 259 Å². The molecule has 0 aliphatic rings. The van der Waals surface area contributed by atoms with Crippen LogP contribution in [-0.2, 0) is 14.8 Å². The number of nitrogens with one attached hydrogen (secondary N) is 3. The number of methoxy groups -OCH3 is 1. The summed E-state index contributed by atoms with van der Waals surface area (Å²) in [6.07, 6.45) is 1.56. The molecule has 11 heteroatoms. The van der Waals surface area contributed by atoms with Gasteiger partial charge in [0, 0.05) is 23.0 Å². The first kappa shape index (κ1) is 31.3. The number of rotatable bonds is 8. The number of hydrogen-bond donors (Lipinski definition) is 3. The fourth-order valence-electron chi connectivity index (χ4n) is 4.35. The zero-order valence-corrected chi connectivity index (χ0v) is 27.4. The van der Waals surface area contributed by atoms with Crippen LogP contribution in [0.15, 0.2) is 66.9 Å². The lowest BCUT2D eigenvalue weighted by molar-refractivity contribution is -0.113. The standard InChI is InChI=1S/C31H34IN4O5P/c1-31(2,3)19-15-24(29(40-4)26(16-19)42(5,6)39)35-30(38)34-23-11-12-25(22-10-8-7-9-21(22)23)41-20-13-14-33-27(17-20)36-28(37)18-32/h7-17H,18H2,1-6H3,(H,33,36,37)(H2,34,35,38). The quantitative estimate of drug-likeness (QED) is 0.0991. The van der Waals surface area contributed by atoms with Crippen LogP contribution in [0.4, 0.5) is 22.0 Å². The van der Waals surface area contributed by atoms with E-state index >= 15 is 0 Å². The smallest absolute Gasteiger partial charge is 0.323 e. The maximum Gasteiger partial charge on any atom is 0.323 e. The Kier molecular flexibility index (Phi) is 9.47. The van der Waals surface area contributed by atoms with Gasteiger partial charge in [-0.15, -0.1) is 0 Å². The number of ether oxygens (including phenoxy) is 2. The Bertz CT molecular complexity index is 1700. The van der Waals surface area contributed by atoms with E-state index in [0.717, 1.165) is 16.3 Å². The number of amides is 3. The molecule has 3 amide bonds. The van der Waals surface area contributed by atoms with Crippen LogP contribution in [0.2, 0.25) is 0 Å². The Morgan fingerprint density at radius 2 is 1.62 bits per heavy atom. The summed E-state index contributed by atoms with van der Waals surface area (Å²) in [4.78, 5) is 29.3. The maximum atomic E-state index is 13.3. The van der Waals surface area contributed by atoms with Gasteiger partial charge in [0.2, 0.25) is 5.91 Å². The highest BCUT2D eigenvalue weighted by Crippen LogP contribution is 2.43. The second-order valence-electron chi connectivity index (χ2n) is 11.1. The Hall–Kier alpha value is -3.63. The van der Waals surface area contributed by atoms with E-state index in [1.165, 1.54) is 7.11 Å². The van der Waals surface area contributed by atoms with E-state index in [9.17, 15) is 14.2 Å². The van der Waals surface area contributed by atoms with Crippen molar-refractivity contribution in [3.63, 3.8) is 0 Å². The summed E-state index contributed by atoms with van der Waals surface area (Å²) in [5, 5.41) is 10.7. The predicted molar refractivity (Wildman–Crippen MR) is 179 cm³/mol. The number of fused-ring (bicyclic) bond motifs is 1. The minimum atomic E-state index is -2.72. The van der Waals surface area contributed by atoms with Crippen LogP contribution in [0.3, 0.4) is 0 Å². The molecule has 0 saturated carbocycles. The van der Waals surface area contributed by atoms with Gasteiger partial charge in [-0.1, -0.05) is 67.6 Å². The molecular weight excluding hydrogens is 666 g/mol. The van der Waals surface area contributed by atoms with Gasteiger partial charge in [-0.3, -0.25) is 4.79 Å². The molecule has 0 unspecified atom stereocenters. The summed E-state index contributed by atoms with van der Waals surface area (Å²) in [5.41, 5.74) is 1.70. The first-order chi connectivity index (χ1) is 19.8. The number of hydrogen-bond acceptors (Lipinski definition) is 6. The van der Waals surface area contributed by atoms with Crippen molar-refractivity contribution in [2.24, 2.45) is 0 Å². The van der Waals surface area contributed by atoms with Gasteiger partial charge in [0.05, 0.1) is 28.2 Å². The highest BCUT2D eigenvalue weighted by atomic mass is 127. The second kappa shape index (κ2) is 12.7. The monoisotopic (exact) mass is 700 g/mol. The molecule has 42 heavy (non-hydrogen) atoms. The summed E-state index contributed by atoms with van der Waals surface area (Å²) in [5.74, 6) is 1.69. The molecule has 0 aliphatic carbocycles. The van der Waals surface area contributed by atoms with Crippen molar-refractivity contribution >= 4 is 74.9 Å². The van der Waals surface area contributed by atoms with Crippen molar-refractivity contribution < 1.29 is 23.6 Å². The van der Waals surface area contributed by atoms with Gasteiger partial charge < -0.3 is 30.0 Å². The third-order valence-corrected chi connectivity index (χ3v) is 8.63. The van der Waals surface area contributed by atoms with Gasteiger partial charge in [-0.25, -0.2) is 9.78 Å². The zero-order valence-electron chi connectivity index (χ0n) is 24.4. The second-order valence-corrected chi connectivity index (χ2v) is 15.0. The van der Waals surface area contributed by atoms with E-state index in [4.69, 9.17) is 9.47 Å². The summed E-state index contributed by atoms with van der Waals surface area (Å²) in [6, 6.07) is 17.7. The zero-order chi connectivity index (χ0) is 30.7. The lowest BCUT2D eigenvalue weighted by atomic mass is 9.86. The number of alkyl halides is 1. The van der Waals surface area contributed by atoms with E-state index in [2.05, 4.69) is 41.7 Å². The molecule has 3 N–H and O–H groups in total. The van der Waals surface area contributed by atoms with Gasteiger partial charge in [0.1, 0.15) is 24.5 Å². The SMILES string of the molecule is COc1c(NC(=O)Nc2ccc(Oc3ccnc(NC(=O)CI)c3)c3ccccc23)cc(C(C)(C)C)cc1P(C)(C)=O. The molecule has 1 aromatic heterocycles. The van der Waals surface area contributed by atoms with Gasteiger partial charge >= 0.3 is 6.03 Å². The Balaban J connectivity index is 1.63. The fourth-order valence-corrected chi connectivity index (χ4v) is 5.69. The lowest BCUT2D eigenvalue weighted by Gasteiger charge is -2.25. The number of nitrogens with zero attached hydrogens (tertiary/aromatic N) is 1. The number of aromatic nitrogens is 1. The fraction of sp³-hybridized carbons (Fsp3) is 0.258. The van der Waals surface area contributed by atoms with Crippen LogP contribution in [0.25, 0.3) is 10.8 Å². The van der Waals surface area contributed by atoms with E-state index < -0.39 is 13.2 Å². The number of anilines is 3. The molecule has 0 fully saturated rings. The minimum Gasteiger partial charge on any atom is -0.494 e. The number of carbonyl (C=O) groups is 2. The minimum absolute atomic E-state index is 0.156. The molecule has 1 heterocycles. The van der Waals surface area contributed by atoms with Gasteiger partial charge in [0.25, 0.3) is 0 Å². The molecular formula is C31H34IN4O5P. The van der Waals surface area contributed by atoms with Crippen molar-refractivity contribution in [2.75, 3.05) is 40.8 Å². The predicted octanol–water partition coefficient (Wildman–Crippen LogP) is 7.60. The highest BCUT2D eigenvalue weighted by Gasteiger charge is 2.26. The number of halogens is 1. The largest absolute Gasteiger partial charge is 0.494 e. The van der Waals surface area contributed by atoms with Crippen LogP contribution in [0, 0.1) is 0 Å². The van der Waals surface area contributed by atoms with Crippen molar-refractivity contribution in [2.45, 2.75) is 26.2 Å². The topological polar surface area (TPSA) is 119 Å². The van der Waals surface area contributed by atoms with E-state index in [-0.39, 0.29) is 11.3 Å². The van der Waals surface area contributed by atoms with Crippen LogP contribution in [0.5, 0.6) is 17.2 Å². The molecule has 9 nitrogen and oxygen atoms in total. The van der Waals surface area contributed by atoms with Crippen LogP contribution in [0.1, 0.15) is 26.3 Å². The van der Waals surface area contributed by atoms with E-state index in [1.54, 1.807) is 43.8 Å². The van der Waals surface area contributed by atoms with Gasteiger partial charge in [-0.05, 0) is 54.6 Å². The molecule has 3 aromatic carbocycles. The molecule has 0 radical (unpaired) electrons. The normalized spacial score (nSPS) is 11.6. The molecule has 220 valence electrons. The van der Waals surface area contributed by atoms with Gasteiger partial charge in [0.15, 0.2) is 5.75 Å². The summed E-state index contributed by atoms with van der Waals surface area (Å²) < 4.78 is 25.3. The lowest BCUT2D eigenvalue weighted by Crippen LogP contribution is -2.23. The molecule has 0 saturated heterocycles. The number of benzene rings is 3. The molecule has 0 bridgehead atoms. The summed E-state index contributed by atoms with van der Waals surface area (Å²) >= 11 is 1.98. The third-order valence-electron chi connectivity index (χ3n) is 6.45. The Morgan fingerprint density at radius 3 is 2.26 bits per heavy atom. The van der Waals surface area contributed by atoms with Crippen molar-refractivity contribution in [3.8, 4) is 17.2 Å². The van der Waals surface area contributed by atoms with Crippen molar-refractivity contribution in [1.82, 2.24) is 4.98 Å². The van der Waals surface area contributed by atoms with Crippen molar-refractivity contribution in [1.29, 1.82) is 0 Å². The van der Waals surface area contributed by atoms with Crippen molar-refractivity contribution in [3.05, 3.63) is 72.4 Å². The highest BCUT2D eigenvalue weighted by molar-refractivity contribution is 14.1. The van der Waals surface area contributed by atoms with E-state index in [1.807, 2.05) is 59.0 Å². The first-order valence-corrected chi connectivity index (χ1v) is 17.3. The Morgan fingerprint density at radius 1 is 0.929 bits per heavy atom. The molecule has 0 aliphatic heterocycles. The van der Waals surface area contributed by atoms with Crippen LogP contribution < -0.4 is 30.7 Å². The van der Waals surface area contributed by atoms with Gasteiger partial charge in [-0.2, -0.15) is 0 Å². The molecule has 4 aromatic rings. The van der Waals surface area contributed by atoms with Crippen LogP contribution >= 0.6 is 29.7 Å². The number of carbonyl (C=O) groups excluding carboxylic acids is 2.